The number of aromatic nitrogens is 2. The van der Waals surface area contributed by atoms with Crippen LogP contribution >= 0.6 is 0 Å². The highest BCUT2D eigenvalue weighted by molar-refractivity contribution is 5.35. The summed E-state index contributed by atoms with van der Waals surface area (Å²) in [6.07, 6.45) is 4.16. The van der Waals surface area contributed by atoms with Gasteiger partial charge >= 0.3 is 0 Å². The summed E-state index contributed by atoms with van der Waals surface area (Å²) in [6.45, 7) is 7.93. The van der Waals surface area contributed by atoms with Gasteiger partial charge in [-0.25, -0.2) is 4.98 Å². The summed E-state index contributed by atoms with van der Waals surface area (Å²) < 4.78 is 7.40. The monoisotopic (exact) mass is 266 g/mol. The first-order valence-electron chi connectivity index (χ1n) is 7.21. The summed E-state index contributed by atoms with van der Waals surface area (Å²) in [5.74, 6) is 1.60. The molecule has 1 aliphatic heterocycles. The molecule has 0 saturated carbocycles. The number of rotatable bonds is 5. The van der Waals surface area contributed by atoms with Gasteiger partial charge in [-0.1, -0.05) is 13.8 Å². The molecule has 2 rings (SSSR count). The number of ether oxygens (including phenoxy) is 1. The molecule has 0 bridgehead atoms. The Morgan fingerprint density at radius 2 is 2.32 bits per heavy atom. The molecule has 0 aromatic carbocycles. The highest BCUT2D eigenvalue weighted by atomic mass is 16.5. The molecule has 2 heterocycles. The zero-order valence-corrected chi connectivity index (χ0v) is 12.3. The van der Waals surface area contributed by atoms with E-state index in [0.29, 0.717) is 12.0 Å². The molecule has 108 valence electrons. The Balaban J connectivity index is 2.15. The van der Waals surface area contributed by atoms with E-state index in [4.69, 9.17) is 15.5 Å². The molecule has 1 aromatic heterocycles. The fourth-order valence-electron chi connectivity index (χ4n) is 2.58. The Bertz CT molecular complexity index is 404. The van der Waals surface area contributed by atoms with E-state index in [0.717, 1.165) is 50.7 Å². The van der Waals surface area contributed by atoms with Gasteiger partial charge in [-0.3, -0.25) is 0 Å². The van der Waals surface area contributed by atoms with E-state index in [1.54, 1.807) is 7.11 Å². The van der Waals surface area contributed by atoms with E-state index in [1.807, 2.05) is 0 Å². The van der Waals surface area contributed by atoms with Crippen LogP contribution in [0.3, 0.4) is 0 Å². The van der Waals surface area contributed by atoms with E-state index < -0.39 is 0 Å². The van der Waals surface area contributed by atoms with Crippen molar-refractivity contribution in [3.63, 3.8) is 0 Å². The quantitative estimate of drug-likeness (QED) is 0.872. The van der Waals surface area contributed by atoms with Crippen LogP contribution in [0.15, 0.2) is 6.20 Å². The molecule has 2 unspecified atom stereocenters. The number of imidazole rings is 1. The van der Waals surface area contributed by atoms with Crippen LogP contribution in [0, 0.1) is 5.92 Å². The fourth-order valence-corrected chi connectivity index (χ4v) is 2.58. The van der Waals surface area contributed by atoms with Crippen LogP contribution in [0.2, 0.25) is 0 Å². The minimum Gasteiger partial charge on any atom is -0.383 e. The van der Waals surface area contributed by atoms with Crippen molar-refractivity contribution in [3.8, 4) is 0 Å². The summed E-state index contributed by atoms with van der Waals surface area (Å²) in [6, 6.07) is 0.323. The average Bonchev–Trinajstić information content (AvgIpc) is 2.83. The largest absolute Gasteiger partial charge is 0.383 e. The maximum Gasteiger partial charge on any atom is 0.205 e. The lowest BCUT2D eigenvalue weighted by molar-refractivity contribution is 0.187. The first-order valence-corrected chi connectivity index (χ1v) is 7.21. The lowest BCUT2D eigenvalue weighted by atomic mass is 9.95. The molecule has 1 fully saturated rings. The second kappa shape index (κ2) is 6.39. The molecule has 2 atom stereocenters. The second-order valence-corrected chi connectivity index (χ2v) is 5.45. The van der Waals surface area contributed by atoms with Gasteiger partial charge in [0.15, 0.2) is 0 Å². The predicted octanol–water partition coefficient (Wildman–Crippen LogP) is 1.27. The Labute approximate surface area is 115 Å². The van der Waals surface area contributed by atoms with Gasteiger partial charge in [0.2, 0.25) is 5.95 Å². The Morgan fingerprint density at radius 1 is 1.53 bits per heavy atom. The van der Waals surface area contributed by atoms with E-state index in [-0.39, 0.29) is 0 Å². The number of anilines is 1. The summed E-state index contributed by atoms with van der Waals surface area (Å²) in [4.78, 5) is 7.12. The third kappa shape index (κ3) is 3.28. The molecular formula is C14H26N4O. The standard InChI is InChI=1S/C14H26N4O/c1-4-12-10-18(7-8-19-3)14(16-12)17-6-5-13(15)11(2)9-17/h10-11,13H,4-9,15H2,1-3H3. The first kappa shape index (κ1) is 14.3. The second-order valence-electron chi connectivity index (χ2n) is 5.45. The predicted molar refractivity (Wildman–Crippen MR) is 77.5 cm³/mol. The zero-order chi connectivity index (χ0) is 13.8. The van der Waals surface area contributed by atoms with Crippen molar-refractivity contribution in [1.82, 2.24) is 9.55 Å². The number of nitrogens with zero attached hydrogens (tertiary/aromatic N) is 3. The van der Waals surface area contributed by atoms with Crippen molar-refractivity contribution in [2.24, 2.45) is 11.7 Å². The van der Waals surface area contributed by atoms with Crippen LogP contribution < -0.4 is 10.6 Å². The Morgan fingerprint density at radius 3 is 2.95 bits per heavy atom. The smallest absolute Gasteiger partial charge is 0.205 e. The lowest BCUT2D eigenvalue weighted by Gasteiger charge is -2.35. The summed E-state index contributed by atoms with van der Waals surface area (Å²) >= 11 is 0. The van der Waals surface area contributed by atoms with Crippen LogP contribution in [-0.4, -0.2) is 42.4 Å². The molecule has 5 heteroatoms. The fraction of sp³-hybridized carbons (Fsp3) is 0.786. The Kier molecular flexibility index (Phi) is 4.82. The van der Waals surface area contributed by atoms with Gasteiger partial charge in [0, 0.05) is 39.0 Å². The number of hydrogen-bond acceptors (Lipinski definition) is 4. The van der Waals surface area contributed by atoms with Crippen molar-refractivity contribution in [1.29, 1.82) is 0 Å². The zero-order valence-electron chi connectivity index (χ0n) is 12.3. The van der Waals surface area contributed by atoms with Crippen LogP contribution in [0.5, 0.6) is 0 Å². The third-order valence-corrected chi connectivity index (χ3v) is 3.96. The molecule has 19 heavy (non-hydrogen) atoms. The Hall–Kier alpha value is -1.07. The number of aryl methyl sites for hydroxylation is 1. The summed E-state index contributed by atoms with van der Waals surface area (Å²) in [5.41, 5.74) is 7.24. The van der Waals surface area contributed by atoms with Gasteiger partial charge in [-0.2, -0.15) is 0 Å². The molecule has 1 aromatic rings. The van der Waals surface area contributed by atoms with E-state index >= 15 is 0 Å². The molecular weight excluding hydrogens is 240 g/mol. The van der Waals surface area contributed by atoms with Crippen LogP contribution in [0.4, 0.5) is 5.95 Å². The third-order valence-electron chi connectivity index (χ3n) is 3.96. The van der Waals surface area contributed by atoms with Crippen molar-refractivity contribution in [3.05, 3.63) is 11.9 Å². The van der Waals surface area contributed by atoms with Gasteiger partial charge < -0.3 is 19.9 Å². The maximum absolute atomic E-state index is 6.09. The average molecular weight is 266 g/mol. The van der Waals surface area contributed by atoms with Gasteiger partial charge in [-0.05, 0) is 18.8 Å². The number of hydrogen-bond donors (Lipinski definition) is 1. The first-order chi connectivity index (χ1) is 9.15. The molecule has 0 radical (unpaired) electrons. The van der Waals surface area contributed by atoms with Crippen LogP contribution in [0.25, 0.3) is 0 Å². The van der Waals surface area contributed by atoms with E-state index in [2.05, 4.69) is 29.5 Å². The van der Waals surface area contributed by atoms with Gasteiger partial charge in [0.25, 0.3) is 0 Å². The number of methoxy groups -OCH3 is 1. The van der Waals surface area contributed by atoms with Crippen LogP contribution in [0.1, 0.15) is 26.0 Å². The normalized spacial score (nSPS) is 23.9. The lowest BCUT2D eigenvalue weighted by Crippen LogP contribution is -2.46. The van der Waals surface area contributed by atoms with Crippen LogP contribution in [-0.2, 0) is 17.7 Å². The number of piperidine rings is 1. The molecule has 0 amide bonds. The topological polar surface area (TPSA) is 56.3 Å². The molecule has 2 N–H and O–H groups in total. The highest BCUT2D eigenvalue weighted by Gasteiger charge is 2.26. The van der Waals surface area contributed by atoms with Gasteiger partial charge in [0.05, 0.1) is 12.3 Å². The highest BCUT2D eigenvalue weighted by Crippen LogP contribution is 2.22. The SMILES string of the molecule is CCc1cn(CCOC)c(N2CCC(N)C(C)C2)n1. The molecule has 5 nitrogen and oxygen atoms in total. The summed E-state index contributed by atoms with van der Waals surface area (Å²) in [5, 5.41) is 0. The minimum atomic E-state index is 0.323. The van der Waals surface area contributed by atoms with Gasteiger partial charge in [0.1, 0.15) is 0 Å². The molecule has 1 saturated heterocycles. The molecule has 0 spiro atoms. The van der Waals surface area contributed by atoms with Gasteiger partial charge in [-0.15, -0.1) is 0 Å². The summed E-state index contributed by atoms with van der Waals surface area (Å²) in [7, 11) is 1.74. The van der Waals surface area contributed by atoms with Crippen molar-refractivity contribution in [2.45, 2.75) is 39.3 Å². The minimum absolute atomic E-state index is 0.323. The van der Waals surface area contributed by atoms with Crippen molar-refractivity contribution < 1.29 is 4.74 Å². The van der Waals surface area contributed by atoms with Crippen molar-refractivity contribution >= 4 is 5.95 Å². The molecule has 1 aliphatic rings. The maximum atomic E-state index is 6.09. The number of nitrogens with two attached hydrogens (primary N) is 1. The molecule has 0 aliphatic carbocycles. The van der Waals surface area contributed by atoms with E-state index in [1.165, 1.54) is 0 Å². The van der Waals surface area contributed by atoms with Crippen molar-refractivity contribution in [2.75, 3.05) is 31.7 Å². The van der Waals surface area contributed by atoms with E-state index in [9.17, 15) is 0 Å².